The highest BCUT2D eigenvalue weighted by Gasteiger charge is 2.30. The van der Waals surface area contributed by atoms with Gasteiger partial charge in [0.25, 0.3) is 0 Å². The van der Waals surface area contributed by atoms with Gasteiger partial charge in [-0.1, -0.05) is 12.1 Å². The highest BCUT2D eigenvalue weighted by atomic mass is 19.4. The zero-order chi connectivity index (χ0) is 21.4. The summed E-state index contributed by atoms with van der Waals surface area (Å²) < 4.78 is 43.0. The number of alkyl halides is 3. The first-order chi connectivity index (χ1) is 13.6. The number of furan rings is 1. The fourth-order valence-corrected chi connectivity index (χ4v) is 2.79. The predicted molar refractivity (Wildman–Crippen MR) is 96.0 cm³/mol. The number of hydrogen-bond donors (Lipinski definition) is 2. The average molecular weight is 414 g/mol. The molecular formula is C19H21F3N2O5. The second-order valence-corrected chi connectivity index (χ2v) is 6.44. The second kappa shape index (κ2) is 10.1. The van der Waals surface area contributed by atoms with E-state index in [-0.39, 0.29) is 0 Å². The van der Waals surface area contributed by atoms with Crippen molar-refractivity contribution >= 4 is 11.9 Å². The number of carboxylic acids is 2. The molecule has 0 radical (unpaired) electrons. The number of carbonyl (C=O) groups is 2. The van der Waals surface area contributed by atoms with Gasteiger partial charge in [-0.15, -0.1) is 0 Å². The van der Waals surface area contributed by atoms with E-state index in [1.54, 1.807) is 18.4 Å². The quantitative estimate of drug-likeness (QED) is 0.743. The fraction of sp³-hybridized carbons (Fsp3) is 0.368. The molecule has 1 aromatic carbocycles. The molecule has 1 aliphatic rings. The molecule has 0 bridgehead atoms. The van der Waals surface area contributed by atoms with Gasteiger partial charge < -0.3 is 14.6 Å². The Balaban J connectivity index is 0.000000438. The van der Waals surface area contributed by atoms with Crippen molar-refractivity contribution in [1.82, 2.24) is 9.80 Å². The molecule has 2 heterocycles. The number of piperazine rings is 1. The maximum absolute atomic E-state index is 12.6. The monoisotopic (exact) mass is 414 g/mol. The molecule has 29 heavy (non-hydrogen) atoms. The maximum atomic E-state index is 12.6. The molecule has 158 valence electrons. The van der Waals surface area contributed by atoms with Crippen molar-refractivity contribution in [1.29, 1.82) is 0 Å². The first-order valence-electron chi connectivity index (χ1n) is 8.74. The van der Waals surface area contributed by atoms with Crippen LogP contribution < -0.4 is 0 Å². The Kier molecular flexibility index (Phi) is 7.80. The summed E-state index contributed by atoms with van der Waals surface area (Å²) in [5, 5.41) is 14.8. The van der Waals surface area contributed by atoms with Crippen molar-refractivity contribution in [3.05, 3.63) is 59.5 Å². The van der Waals surface area contributed by atoms with Gasteiger partial charge in [0.15, 0.2) is 0 Å². The van der Waals surface area contributed by atoms with Gasteiger partial charge in [-0.3, -0.25) is 9.80 Å². The molecule has 1 saturated heterocycles. The van der Waals surface area contributed by atoms with Gasteiger partial charge in [0.05, 0.1) is 18.4 Å². The van der Waals surface area contributed by atoms with E-state index in [0.717, 1.165) is 56.2 Å². The van der Waals surface area contributed by atoms with Crippen molar-refractivity contribution in [3.8, 4) is 0 Å². The van der Waals surface area contributed by atoms with Crippen LogP contribution in [0.5, 0.6) is 0 Å². The largest absolute Gasteiger partial charge is 0.473 e. The van der Waals surface area contributed by atoms with Gasteiger partial charge in [-0.25, -0.2) is 9.59 Å². The summed E-state index contributed by atoms with van der Waals surface area (Å²) >= 11 is 0. The van der Waals surface area contributed by atoms with Gasteiger partial charge in [0.1, 0.15) is 5.76 Å². The lowest BCUT2D eigenvalue weighted by Crippen LogP contribution is -2.45. The van der Waals surface area contributed by atoms with E-state index in [9.17, 15) is 13.2 Å². The summed E-state index contributed by atoms with van der Waals surface area (Å²) in [6.45, 7) is 5.17. The number of carboxylic acid groups (broad SMARTS) is 2. The third-order valence-electron chi connectivity index (χ3n) is 4.29. The molecule has 0 amide bonds. The summed E-state index contributed by atoms with van der Waals surface area (Å²) in [7, 11) is 0. The van der Waals surface area contributed by atoms with Gasteiger partial charge in [0, 0.05) is 32.7 Å². The molecule has 3 rings (SSSR count). The molecule has 2 N–H and O–H groups in total. The van der Waals surface area contributed by atoms with Gasteiger partial charge in [-0.05, 0) is 29.8 Å². The van der Waals surface area contributed by atoms with E-state index in [1.807, 2.05) is 12.1 Å². The SMILES string of the molecule is FC(F)(F)c1ccc(CN2CCN(Cc3ccco3)CC2)cc1.O=C(O)C(=O)O. The van der Waals surface area contributed by atoms with E-state index in [0.29, 0.717) is 6.54 Å². The molecule has 2 aromatic rings. The third kappa shape index (κ3) is 7.59. The van der Waals surface area contributed by atoms with Crippen LogP contribution in [0.2, 0.25) is 0 Å². The first-order valence-corrected chi connectivity index (χ1v) is 8.74. The molecule has 0 aliphatic carbocycles. The Hall–Kier alpha value is -2.85. The van der Waals surface area contributed by atoms with Crippen molar-refractivity contribution in [3.63, 3.8) is 0 Å². The summed E-state index contributed by atoms with van der Waals surface area (Å²) in [4.78, 5) is 22.8. The molecule has 0 spiro atoms. The third-order valence-corrected chi connectivity index (χ3v) is 4.29. The number of rotatable bonds is 4. The predicted octanol–water partition coefficient (Wildman–Crippen LogP) is 2.77. The van der Waals surface area contributed by atoms with E-state index in [2.05, 4.69) is 9.80 Å². The smallest absolute Gasteiger partial charge is 0.416 e. The van der Waals surface area contributed by atoms with E-state index in [1.165, 1.54) is 0 Å². The van der Waals surface area contributed by atoms with Crippen LogP contribution in [0.1, 0.15) is 16.9 Å². The lowest BCUT2D eigenvalue weighted by atomic mass is 10.1. The van der Waals surface area contributed by atoms with Crippen LogP contribution in [0, 0.1) is 0 Å². The van der Waals surface area contributed by atoms with Crippen molar-refractivity contribution in [2.24, 2.45) is 0 Å². The van der Waals surface area contributed by atoms with Crippen molar-refractivity contribution in [2.45, 2.75) is 19.3 Å². The lowest BCUT2D eigenvalue weighted by molar-refractivity contribution is -0.159. The van der Waals surface area contributed by atoms with Gasteiger partial charge in [0.2, 0.25) is 0 Å². The van der Waals surface area contributed by atoms with Crippen LogP contribution in [-0.4, -0.2) is 58.1 Å². The molecule has 1 fully saturated rings. The first kappa shape index (κ1) is 22.4. The Morgan fingerprint density at radius 1 is 0.897 bits per heavy atom. The molecule has 0 saturated carbocycles. The number of benzene rings is 1. The molecule has 1 aromatic heterocycles. The molecule has 7 nitrogen and oxygen atoms in total. The van der Waals surface area contributed by atoms with Crippen LogP contribution in [0.3, 0.4) is 0 Å². The van der Waals surface area contributed by atoms with Crippen LogP contribution in [0.25, 0.3) is 0 Å². The summed E-state index contributed by atoms with van der Waals surface area (Å²) in [6, 6.07) is 9.30. The van der Waals surface area contributed by atoms with E-state index < -0.39 is 23.7 Å². The number of aliphatic carboxylic acids is 2. The van der Waals surface area contributed by atoms with Gasteiger partial charge in [-0.2, -0.15) is 13.2 Å². The van der Waals surface area contributed by atoms with E-state index >= 15 is 0 Å². The zero-order valence-corrected chi connectivity index (χ0v) is 15.4. The Morgan fingerprint density at radius 3 is 1.83 bits per heavy atom. The molecular weight excluding hydrogens is 393 g/mol. The van der Waals surface area contributed by atoms with Crippen molar-refractivity contribution < 1.29 is 37.4 Å². The highest BCUT2D eigenvalue weighted by molar-refractivity contribution is 6.27. The van der Waals surface area contributed by atoms with Crippen LogP contribution in [-0.2, 0) is 28.9 Å². The summed E-state index contributed by atoms with van der Waals surface area (Å²) in [6.07, 6.45) is -2.59. The molecule has 10 heteroatoms. The summed E-state index contributed by atoms with van der Waals surface area (Å²) in [5.41, 5.74) is 0.321. The minimum atomic E-state index is -4.27. The highest BCUT2D eigenvalue weighted by Crippen LogP contribution is 2.29. The Bertz CT molecular complexity index is 771. The Labute approximate surface area is 164 Å². The maximum Gasteiger partial charge on any atom is 0.416 e. The standard InChI is InChI=1S/C17H19F3N2O.C2H2O4/c18-17(19,20)15-5-3-14(4-6-15)12-21-7-9-22(10-8-21)13-16-2-1-11-23-16;3-1(4)2(5)6/h1-6,11H,7-10,12-13H2;(H,3,4)(H,5,6). The lowest BCUT2D eigenvalue weighted by Gasteiger charge is -2.34. The van der Waals surface area contributed by atoms with Gasteiger partial charge >= 0.3 is 18.1 Å². The normalized spacial score (nSPS) is 15.4. The minimum absolute atomic E-state index is 0.593. The molecule has 1 aliphatic heterocycles. The van der Waals surface area contributed by atoms with Crippen LogP contribution >= 0.6 is 0 Å². The zero-order valence-electron chi connectivity index (χ0n) is 15.4. The average Bonchev–Trinajstić information content (AvgIpc) is 3.16. The fourth-order valence-electron chi connectivity index (χ4n) is 2.79. The minimum Gasteiger partial charge on any atom is -0.473 e. The van der Waals surface area contributed by atoms with E-state index in [4.69, 9.17) is 24.2 Å². The Morgan fingerprint density at radius 2 is 1.41 bits per heavy atom. The summed E-state index contributed by atoms with van der Waals surface area (Å²) in [5.74, 6) is -2.69. The molecule has 0 atom stereocenters. The number of hydrogen-bond acceptors (Lipinski definition) is 5. The molecule has 0 unspecified atom stereocenters. The van der Waals surface area contributed by atoms with Crippen LogP contribution in [0.4, 0.5) is 13.2 Å². The van der Waals surface area contributed by atoms with Crippen molar-refractivity contribution in [2.75, 3.05) is 26.2 Å². The number of halogens is 3. The topological polar surface area (TPSA) is 94.2 Å². The van der Waals surface area contributed by atoms with Crippen LogP contribution in [0.15, 0.2) is 47.1 Å². The second-order valence-electron chi connectivity index (χ2n) is 6.44. The number of nitrogens with zero attached hydrogens (tertiary/aromatic N) is 2.